The van der Waals surface area contributed by atoms with E-state index in [4.69, 9.17) is 9.47 Å². The fourth-order valence-electron chi connectivity index (χ4n) is 3.57. The van der Waals surface area contributed by atoms with Gasteiger partial charge in [-0.1, -0.05) is 32.9 Å². The first-order valence-corrected chi connectivity index (χ1v) is 13.3. The van der Waals surface area contributed by atoms with Gasteiger partial charge in [-0.2, -0.15) is 0 Å². The van der Waals surface area contributed by atoms with Crippen LogP contribution in [0, 0.1) is 0 Å². The standard InChI is InChI=1S/C23H27N3O6S2/c1-23(2,3)14-4-7-16(8-5-14)34(29,30)19-11-24-22(26-21(19)28)33-12-20(27)25-15-6-9-17-18(10-15)32-13-31-17/h4-10,19,22,24H,11-13H2,1-3H3,(H,25,27)(H,26,28). The summed E-state index contributed by atoms with van der Waals surface area (Å²) in [5.74, 6) is 0.377. The lowest BCUT2D eigenvalue weighted by Gasteiger charge is -2.29. The van der Waals surface area contributed by atoms with Crippen LogP contribution in [0.5, 0.6) is 11.5 Å². The van der Waals surface area contributed by atoms with Crippen molar-refractivity contribution in [1.29, 1.82) is 0 Å². The molecule has 0 spiro atoms. The molecule has 1 saturated heterocycles. The van der Waals surface area contributed by atoms with E-state index in [1.165, 1.54) is 0 Å². The third kappa shape index (κ3) is 5.31. The number of nitrogens with one attached hydrogen (secondary N) is 3. The molecule has 2 atom stereocenters. The van der Waals surface area contributed by atoms with Crippen molar-refractivity contribution in [2.45, 2.75) is 41.8 Å². The largest absolute Gasteiger partial charge is 0.454 e. The number of carbonyl (C=O) groups excluding carboxylic acids is 2. The first kappa shape index (κ1) is 24.4. The van der Waals surface area contributed by atoms with E-state index in [2.05, 4.69) is 16.0 Å². The fourth-order valence-corrected chi connectivity index (χ4v) is 5.88. The third-order valence-corrected chi connectivity index (χ3v) is 8.62. The van der Waals surface area contributed by atoms with Crippen LogP contribution in [-0.4, -0.2) is 50.1 Å². The second-order valence-corrected chi connectivity index (χ2v) is 12.3. The minimum atomic E-state index is -3.86. The van der Waals surface area contributed by atoms with Gasteiger partial charge in [0.15, 0.2) is 26.6 Å². The number of carbonyl (C=O) groups is 2. The maximum Gasteiger partial charge on any atom is 0.241 e. The molecular formula is C23H27N3O6S2. The summed E-state index contributed by atoms with van der Waals surface area (Å²) >= 11 is 1.16. The summed E-state index contributed by atoms with van der Waals surface area (Å²) in [5, 5.41) is 7.17. The molecule has 9 nitrogen and oxygen atoms in total. The molecular weight excluding hydrogens is 478 g/mol. The maximum atomic E-state index is 13.0. The van der Waals surface area contributed by atoms with E-state index in [9.17, 15) is 18.0 Å². The lowest BCUT2D eigenvalue weighted by Crippen LogP contribution is -2.59. The molecule has 4 rings (SSSR count). The normalized spacial score (nSPS) is 20.0. The van der Waals surface area contributed by atoms with Gasteiger partial charge >= 0.3 is 0 Å². The van der Waals surface area contributed by atoms with Crippen molar-refractivity contribution in [3.8, 4) is 11.5 Å². The van der Waals surface area contributed by atoms with Crippen LogP contribution in [0.1, 0.15) is 26.3 Å². The molecule has 0 aromatic heterocycles. The lowest BCUT2D eigenvalue weighted by molar-refractivity contribution is -0.122. The Labute approximate surface area is 202 Å². The molecule has 182 valence electrons. The summed E-state index contributed by atoms with van der Waals surface area (Å²) in [6.45, 7) is 6.23. The molecule has 0 saturated carbocycles. The topological polar surface area (TPSA) is 123 Å². The van der Waals surface area contributed by atoms with Crippen LogP contribution in [0.25, 0.3) is 0 Å². The van der Waals surface area contributed by atoms with Crippen LogP contribution >= 0.6 is 11.8 Å². The van der Waals surface area contributed by atoms with E-state index < -0.39 is 26.5 Å². The van der Waals surface area contributed by atoms with Crippen molar-refractivity contribution in [1.82, 2.24) is 10.6 Å². The first-order chi connectivity index (χ1) is 16.0. The number of hydrogen-bond acceptors (Lipinski definition) is 8. The second-order valence-electron chi connectivity index (χ2n) is 9.03. The Bertz CT molecular complexity index is 1190. The van der Waals surface area contributed by atoms with Crippen molar-refractivity contribution in [3.05, 3.63) is 48.0 Å². The van der Waals surface area contributed by atoms with E-state index in [1.54, 1.807) is 42.5 Å². The van der Waals surface area contributed by atoms with Gasteiger partial charge < -0.3 is 20.1 Å². The average molecular weight is 506 g/mol. The van der Waals surface area contributed by atoms with E-state index in [0.29, 0.717) is 17.2 Å². The van der Waals surface area contributed by atoms with Gasteiger partial charge in [0.1, 0.15) is 5.50 Å². The van der Waals surface area contributed by atoms with Crippen LogP contribution < -0.4 is 25.4 Å². The molecule has 2 aromatic rings. The molecule has 2 aliphatic heterocycles. The number of benzene rings is 2. The molecule has 0 bridgehead atoms. The molecule has 1 fully saturated rings. The van der Waals surface area contributed by atoms with Crippen LogP contribution in [0.4, 0.5) is 5.69 Å². The number of hydrogen-bond donors (Lipinski definition) is 3. The molecule has 2 unspecified atom stereocenters. The highest BCUT2D eigenvalue weighted by molar-refractivity contribution is 8.00. The van der Waals surface area contributed by atoms with Crippen molar-refractivity contribution >= 4 is 39.1 Å². The number of anilines is 1. The molecule has 11 heteroatoms. The Kier molecular flexibility index (Phi) is 6.79. The number of sulfone groups is 1. The van der Waals surface area contributed by atoms with E-state index in [0.717, 1.165) is 17.3 Å². The third-order valence-electron chi connectivity index (χ3n) is 5.52. The van der Waals surface area contributed by atoms with Gasteiger partial charge in [-0.05, 0) is 35.2 Å². The Balaban J connectivity index is 1.30. The number of amides is 2. The van der Waals surface area contributed by atoms with Gasteiger partial charge in [0.2, 0.25) is 18.6 Å². The highest BCUT2D eigenvalue weighted by Gasteiger charge is 2.38. The quantitative estimate of drug-likeness (QED) is 0.546. The summed E-state index contributed by atoms with van der Waals surface area (Å²) in [6.07, 6.45) is 0. The smallest absolute Gasteiger partial charge is 0.241 e. The van der Waals surface area contributed by atoms with Gasteiger partial charge in [-0.15, -0.1) is 11.8 Å². The van der Waals surface area contributed by atoms with Crippen molar-refractivity contribution in [2.24, 2.45) is 0 Å². The van der Waals surface area contributed by atoms with Gasteiger partial charge in [0.25, 0.3) is 0 Å². The van der Waals surface area contributed by atoms with E-state index in [1.807, 2.05) is 20.8 Å². The molecule has 2 heterocycles. The fraction of sp³-hybridized carbons (Fsp3) is 0.391. The van der Waals surface area contributed by atoms with Crippen molar-refractivity contribution in [2.75, 3.05) is 24.4 Å². The summed E-state index contributed by atoms with van der Waals surface area (Å²) < 4.78 is 36.6. The predicted octanol–water partition coefficient (Wildman–Crippen LogP) is 2.23. The van der Waals surface area contributed by atoms with Crippen LogP contribution in [-0.2, 0) is 24.8 Å². The lowest BCUT2D eigenvalue weighted by atomic mass is 9.87. The zero-order chi connectivity index (χ0) is 24.5. The highest BCUT2D eigenvalue weighted by Crippen LogP contribution is 2.34. The molecule has 3 N–H and O–H groups in total. The molecule has 34 heavy (non-hydrogen) atoms. The van der Waals surface area contributed by atoms with Crippen LogP contribution in [0.3, 0.4) is 0 Å². The zero-order valence-corrected chi connectivity index (χ0v) is 20.7. The number of fused-ring (bicyclic) bond motifs is 1. The molecule has 0 aliphatic carbocycles. The Morgan fingerprint density at radius 1 is 1.12 bits per heavy atom. The molecule has 2 aromatic carbocycles. The minimum absolute atomic E-state index is 0.0450. The van der Waals surface area contributed by atoms with Gasteiger partial charge in [-0.25, -0.2) is 8.42 Å². The van der Waals surface area contributed by atoms with Gasteiger partial charge in [0, 0.05) is 18.3 Å². The van der Waals surface area contributed by atoms with Gasteiger partial charge in [0.05, 0.1) is 10.6 Å². The Hall–Kier alpha value is -2.76. The van der Waals surface area contributed by atoms with Crippen LogP contribution in [0.15, 0.2) is 47.4 Å². The summed E-state index contributed by atoms with van der Waals surface area (Å²) in [4.78, 5) is 25.0. The van der Waals surface area contributed by atoms with Gasteiger partial charge in [-0.3, -0.25) is 14.9 Å². The minimum Gasteiger partial charge on any atom is -0.454 e. The number of rotatable bonds is 6. The monoisotopic (exact) mass is 505 g/mol. The average Bonchev–Trinajstić information content (AvgIpc) is 3.25. The van der Waals surface area contributed by atoms with Crippen molar-refractivity contribution < 1.29 is 27.5 Å². The SMILES string of the molecule is CC(C)(C)c1ccc(S(=O)(=O)C2CNC(SCC(=O)Nc3ccc4c(c3)OCO4)NC2=O)cc1. The second kappa shape index (κ2) is 9.47. The molecule has 2 amide bonds. The first-order valence-electron chi connectivity index (χ1n) is 10.7. The highest BCUT2D eigenvalue weighted by atomic mass is 32.2. The summed E-state index contributed by atoms with van der Waals surface area (Å²) in [6, 6.07) is 11.7. The number of thioether (sulfide) groups is 1. The molecule has 0 radical (unpaired) electrons. The maximum absolute atomic E-state index is 13.0. The summed E-state index contributed by atoms with van der Waals surface area (Å²) in [7, 11) is -3.86. The Morgan fingerprint density at radius 2 is 1.82 bits per heavy atom. The van der Waals surface area contributed by atoms with Crippen molar-refractivity contribution in [3.63, 3.8) is 0 Å². The number of ether oxygens (including phenoxy) is 2. The van der Waals surface area contributed by atoms with E-state index >= 15 is 0 Å². The zero-order valence-electron chi connectivity index (χ0n) is 19.1. The summed E-state index contributed by atoms with van der Waals surface area (Å²) in [5.41, 5.74) is 0.892. The van der Waals surface area contributed by atoms with Crippen LogP contribution in [0.2, 0.25) is 0 Å². The van der Waals surface area contributed by atoms with E-state index in [-0.39, 0.29) is 35.3 Å². The predicted molar refractivity (Wildman–Crippen MR) is 130 cm³/mol. The molecule has 2 aliphatic rings. The Morgan fingerprint density at radius 3 is 2.50 bits per heavy atom.